The summed E-state index contributed by atoms with van der Waals surface area (Å²) >= 11 is 0. The average molecular weight is 286 g/mol. The molecule has 3 nitrogen and oxygen atoms in total. The van der Waals surface area contributed by atoms with Crippen molar-refractivity contribution in [1.82, 2.24) is 10.2 Å². The molecule has 1 N–H and O–H groups in total. The van der Waals surface area contributed by atoms with Crippen molar-refractivity contribution in [1.29, 1.82) is 0 Å². The highest BCUT2D eigenvalue weighted by Gasteiger charge is 2.41. The molecule has 1 saturated carbocycles. The third-order valence-electron chi connectivity index (χ3n) is 5.01. The van der Waals surface area contributed by atoms with Gasteiger partial charge in [-0.05, 0) is 37.8 Å². The monoisotopic (exact) mass is 286 g/mol. The lowest BCUT2D eigenvalue weighted by Crippen LogP contribution is -2.40. The third kappa shape index (κ3) is 2.84. The number of aryl methyl sites for hydroxylation is 1. The van der Waals surface area contributed by atoms with Gasteiger partial charge >= 0.3 is 0 Å². The summed E-state index contributed by atoms with van der Waals surface area (Å²) in [5, 5.41) is 3.50. The van der Waals surface area contributed by atoms with Crippen LogP contribution < -0.4 is 5.32 Å². The van der Waals surface area contributed by atoms with Gasteiger partial charge in [-0.1, -0.05) is 49.9 Å². The summed E-state index contributed by atoms with van der Waals surface area (Å²) in [6, 6.07) is 8.76. The molecular formula is C18H26N2O. The zero-order chi connectivity index (χ0) is 14.8. The molecular weight excluding hydrogens is 260 g/mol. The van der Waals surface area contributed by atoms with Crippen molar-refractivity contribution in [2.75, 3.05) is 0 Å². The third-order valence-corrected chi connectivity index (χ3v) is 5.01. The predicted octanol–water partition coefficient (Wildman–Crippen LogP) is 3.54. The molecule has 0 spiro atoms. The van der Waals surface area contributed by atoms with E-state index in [-0.39, 0.29) is 18.1 Å². The van der Waals surface area contributed by atoms with E-state index in [0.29, 0.717) is 6.04 Å². The highest BCUT2D eigenvalue weighted by Crippen LogP contribution is 2.33. The molecule has 1 aromatic carbocycles. The van der Waals surface area contributed by atoms with Crippen LogP contribution in [-0.2, 0) is 4.79 Å². The standard InChI is InChI=1S/C18H26N2O/c1-13-9-7-8-12-16(13)17-19-14(2)18(21)20(17)15-10-5-3-4-6-11-15/h7-9,12,14-15,17,19H,3-6,10-11H2,1-2H3. The maximum atomic E-state index is 12.7. The molecule has 21 heavy (non-hydrogen) atoms. The van der Waals surface area contributed by atoms with Crippen LogP contribution in [0.15, 0.2) is 24.3 Å². The minimum absolute atomic E-state index is 0.0526. The summed E-state index contributed by atoms with van der Waals surface area (Å²) in [5.41, 5.74) is 2.51. The molecule has 0 bridgehead atoms. The highest BCUT2D eigenvalue weighted by atomic mass is 16.2. The van der Waals surface area contributed by atoms with Crippen molar-refractivity contribution in [2.45, 2.75) is 70.6 Å². The summed E-state index contributed by atoms with van der Waals surface area (Å²) in [5.74, 6) is 0.273. The van der Waals surface area contributed by atoms with Gasteiger partial charge in [0.1, 0.15) is 6.17 Å². The molecule has 2 atom stereocenters. The number of nitrogens with zero attached hydrogens (tertiary/aromatic N) is 1. The van der Waals surface area contributed by atoms with Crippen LogP contribution in [0.1, 0.15) is 62.7 Å². The lowest BCUT2D eigenvalue weighted by Gasteiger charge is -2.33. The molecule has 2 unspecified atom stereocenters. The Kier molecular flexibility index (Phi) is 4.29. The number of benzene rings is 1. The minimum atomic E-state index is -0.0714. The van der Waals surface area contributed by atoms with Crippen LogP contribution in [0.2, 0.25) is 0 Å². The van der Waals surface area contributed by atoms with Gasteiger partial charge in [0.15, 0.2) is 0 Å². The Morgan fingerprint density at radius 1 is 1.10 bits per heavy atom. The van der Waals surface area contributed by atoms with E-state index in [9.17, 15) is 4.79 Å². The van der Waals surface area contributed by atoms with Crippen LogP contribution >= 0.6 is 0 Å². The van der Waals surface area contributed by atoms with Crippen LogP contribution in [0.25, 0.3) is 0 Å². The first-order chi connectivity index (χ1) is 10.2. The Morgan fingerprint density at radius 3 is 2.43 bits per heavy atom. The van der Waals surface area contributed by atoms with Gasteiger partial charge in [0.25, 0.3) is 0 Å². The second kappa shape index (κ2) is 6.18. The number of hydrogen-bond acceptors (Lipinski definition) is 2. The van der Waals surface area contributed by atoms with Gasteiger partial charge in [-0.2, -0.15) is 0 Å². The molecule has 1 amide bonds. The molecule has 1 heterocycles. The van der Waals surface area contributed by atoms with E-state index >= 15 is 0 Å². The van der Waals surface area contributed by atoms with Crippen molar-refractivity contribution in [2.24, 2.45) is 0 Å². The van der Waals surface area contributed by atoms with Crippen LogP contribution in [0, 0.1) is 6.92 Å². The molecule has 1 aliphatic heterocycles. The van der Waals surface area contributed by atoms with Gasteiger partial charge in [-0.25, -0.2) is 0 Å². The Labute approximate surface area is 127 Å². The van der Waals surface area contributed by atoms with Crippen LogP contribution in [0.4, 0.5) is 0 Å². The lowest BCUT2D eigenvalue weighted by atomic mass is 10.0. The number of nitrogens with one attached hydrogen (secondary N) is 1. The fraction of sp³-hybridized carbons (Fsp3) is 0.611. The van der Waals surface area contributed by atoms with Gasteiger partial charge < -0.3 is 4.90 Å². The van der Waals surface area contributed by atoms with Gasteiger partial charge in [0.2, 0.25) is 5.91 Å². The maximum absolute atomic E-state index is 12.7. The molecule has 1 aliphatic carbocycles. The molecule has 114 valence electrons. The van der Waals surface area contributed by atoms with Crippen molar-refractivity contribution in [3.8, 4) is 0 Å². The molecule has 3 rings (SSSR count). The first-order valence-corrected chi connectivity index (χ1v) is 8.32. The summed E-state index contributed by atoms with van der Waals surface area (Å²) in [6.07, 6.45) is 7.50. The lowest BCUT2D eigenvalue weighted by molar-refractivity contribution is -0.132. The van der Waals surface area contributed by atoms with Gasteiger partial charge in [-0.3, -0.25) is 10.1 Å². The summed E-state index contributed by atoms with van der Waals surface area (Å²) in [6.45, 7) is 4.13. The van der Waals surface area contributed by atoms with E-state index in [1.807, 2.05) is 6.92 Å². The molecule has 0 radical (unpaired) electrons. The highest BCUT2D eigenvalue weighted by molar-refractivity contribution is 5.84. The SMILES string of the molecule is Cc1ccccc1C1NC(C)C(=O)N1C1CCCCCC1. The number of rotatable bonds is 2. The van der Waals surface area contributed by atoms with Crippen LogP contribution in [-0.4, -0.2) is 22.9 Å². The van der Waals surface area contributed by atoms with E-state index < -0.39 is 0 Å². The van der Waals surface area contributed by atoms with Crippen molar-refractivity contribution in [3.05, 3.63) is 35.4 Å². The quantitative estimate of drug-likeness (QED) is 0.843. The Hall–Kier alpha value is -1.35. The zero-order valence-corrected chi connectivity index (χ0v) is 13.1. The largest absolute Gasteiger partial charge is 0.319 e. The van der Waals surface area contributed by atoms with E-state index in [0.717, 1.165) is 12.8 Å². The minimum Gasteiger partial charge on any atom is -0.319 e. The number of hydrogen-bond donors (Lipinski definition) is 1. The van der Waals surface area contributed by atoms with Gasteiger partial charge in [-0.15, -0.1) is 0 Å². The first-order valence-electron chi connectivity index (χ1n) is 8.32. The number of carbonyl (C=O) groups is 1. The maximum Gasteiger partial charge on any atom is 0.241 e. The Morgan fingerprint density at radius 2 is 1.76 bits per heavy atom. The fourth-order valence-electron chi connectivity index (χ4n) is 3.80. The smallest absolute Gasteiger partial charge is 0.241 e. The predicted molar refractivity (Wildman–Crippen MR) is 84.9 cm³/mol. The molecule has 1 saturated heterocycles. The van der Waals surface area contributed by atoms with E-state index in [1.165, 1.54) is 36.8 Å². The summed E-state index contributed by atoms with van der Waals surface area (Å²) in [4.78, 5) is 14.8. The van der Waals surface area contributed by atoms with Crippen LogP contribution in [0.5, 0.6) is 0 Å². The van der Waals surface area contributed by atoms with E-state index in [1.54, 1.807) is 0 Å². The van der Waals surface area contributed by atoms with E-state index in [4.69, 9.17) is 0 Å². The second-order valence-corrected chi connectivity index (χ2v) is 6.54. The van der Waals surface area contributed by atoms with Crippen molar-refractivity contribution in [3.63, 3.8) is 0 Å². The molecule has 2 fully saturated rings. The molecule has 2 aliphatic rings. The number of amides is 1. The molecule has 0 aromatic heterocycles. The molecule has 1 aromatic rings. The fourth-order valence-corrected chi connectivity index (χ4v) is 3.80. The normalized spacial score (nSPS) is 27.9. The van der Waals surface area contributed by atoms with Crippen molar-refractivity contribution >= 4 is 5.91 Å². The molecule has 3 heteroatoms. The average Bonchev–Trinajstić information content (AvgIpc) is 2.69. The topological polar surface area (TPSA) is 32.3 Å². The van der Waals surface area contributed by atoms with Gasteiger partial charge in [0.05, 0.1) is 6.04 Å². The van der Waals surface area contributed by atoms with Gasteiger partial charge in [0, 0.05) is 6.04 Å². The summed E-state index contributed by atoms with van der Waals surface area (Å²) in [7, 11) is 0. The van der Waals surface area contributed by atoms with Crippen molar-refractivity contribution < 1.29 is 4.79 Å². The van der Waals surface area contributed by atoms with Crippen LogP contribution in [0.3, 0.4) is 0 Å². The second-order valence-electron chi connectivity index (χ2n) is 6.54. The Balaban J connectivity index is 1.90. The van der Waals surface area contributed by atoms with E-state index in [2.05, 4.69) is 41.4 Å². The summed E-state index contributed by atoms with van der Waals surface area (Å²) < 4.78 is 0. The Bertz CT molecular complexity index is 506. The number of carbonyl (C=O) groups excluding carboxylic acids is 1. The first kappa shape index (κ1) is 14.6. The zero-order valence-electron chi connectivity index (χ0n) is 13.1.